The Morgan fingerprint density at radius 3 is 2.71 bits per heavy atom. The molecule has 0 spiro atoms. The fourth-order valence-corrected chi connectivity index (χ4v) is 4.13. The van der Waals surface area contributed by atoms with Crippen LogP contribution in [0, 0.1) is 0 Å². The lowest BCUT2D eigenvalue weighted by atomic mass is 9.91. The largest absolute Gasteiger partial charge is 0.490 e. The van der Waals surface area contributed by atoms with E-state index in [1.54, 1.807) is 18.3 Å². The van der Waals surface area contributed by atoms with Gasteiger partial charge < -0.3 is 15.2 Å². The second-order valence-electron chi connectivity index (χ2n) is 7.36. The first-order chi connectivity index (χ1) is 16.2. The van der Waals surface area contributed by atoms with E-state index in [9.17, 15) is 18.0 Å². The molecule has 0 saturated heterocycles. The third-order valence-corrected chi connectivity index (χ3v) is 5.90. The molecule has 1 unspecified atom stereocenters. The number of esters is 1. The molecule has 3 aromatic rings. The van der Waals surface area contributed by atoms with Crippen molar-refractivity contribution in [2.24, 2.45) is 0 Å². The molecule has 0 aliphatic heterocycles. The first-order valence-corrected chi connectivity index (χ1v) is 11.3. The molecule has 3 N–H and O–H groups in total. The van der Waals surface area contributed by atoms with E-state index in [0.29, 0.717) is 18.3 Å². The molecule has 1 atom stereocenters. The number of aromatic nitrogens is 3. The van der Waals surface area contributed by atoms with Gasteiger partial charge in [-0.1, -0.05) is 12.1 Å². The Labute approximate surface area is 197 Å². The highest BCUT2D eigenvalue weighted by Gasteiger charge is 2.38. The summed E-state index contributed by atoms with van der Waals surface area (Å²) in [4.78, 5) is 26.8. The number of nitrogens with one attached hydrogen (secondary N) is 2. The van der Waals surface area contributed by atoms with E-state index in [1.165, 1.54) is 4.88 Å². The van der Waals surface area contributed by atoms with Crippen LogP contribution >= 0.6 is 11.3 Å². The summed E-state index contributed by atoms with van der Waals surface area (Å²) in [6, 6.07) is 10.6. The molecular weight excluding hydrogens is 473 g/mol. The van der Waals surface area contributed by atoms with Gasteiger partial charge in [0.25, 0.3) is 0 Å². The zero-order valence-corrected chi connectivity index (χ0v) is 19.0. The summed E-state index contributed by atoms with van der Waals surface area (Å²) in [5.74, 6) is -3.09. The van der Waals surface area contributed by atoms with Crippen molar-refractivity contribution in [2.45, 2.75) is 44.9 Å². The number of aromatic amines is 1. The van der Waals surface area contributed by atoms with Crippen LogP contribution in [0.25, 0.3) is 10.6 Å². The van der Waals surface area contributed by atoms with Gasteiger partial charge >= 0.3 is 18.1 Å². The fourth-order valence-electron chi connectivity index (χ4n) is 3.44. The minimum Gasteiger partial charge on any atom is -0.475 e. The van der Waals surface area contributed by atoms with Gasteiger partial charge in [0.15, 0.2) is 5.69 Å². The lowest BCUT2D eigenvalue weighted by Crippen LogP contribution is -2.34. The Hall–Kier alpha value is -3.25. The average molecular weight is 497 g/mol. The van der Waals surface area contributed by atoms with Crippen molar-refractivity contribution in [1.29, 1.82) is 0 Å². The molecule has 1 aliphatic rings. The molecule has 3 aromatic heterocycles. The predicted molar refractivity (Wildman–Crippen MR) is 118 cm³/mol. The number of halogens is 3. The molecule has 0 saturated carbocycles. The molecule has 4 rings (SSSR count). The summed E-state index contributed by atoms with van der Waals surface area (Å²) >= 11 is 1.70. The summed E-state index contributed by atoms with van der Waals surface area (Å²) in [7, 11) is 0. The van der Waals surface area contributed by atoms with Crippen LogP contribution in [-0.2, 0) is 28.9 Å². The zero-order chi connectivity index (χ0) is 24.7. The van der Waals surface area contributed by atoms with Gasteiger partial charge in [-0.15, -0.1) is 11.3 Å². The molecule has 12 heteroatoms. The zero-order valence-electron chi connectivity index (χ0n) is 18.2. The summed E-state index contributed by atoms with van der Waals surface area (Å²) in [6.07, 6.45) is -2.48. The molecule has 0 bridgehead atoms. The van der Waals surface area contributed by atoms with Crippen LogP contribution in [0.1, 0.15) is 40.8 Å². The monoisotopic (exact) mass is 496 g/mol. The molecule has 3 heterocycles. The Balaban J connectivity index is 0.000000406. The Morgan fingerprint density at radius 1 is 1.29 bits per heavy atom. The molecule has 1 aliphatic carbocycles. The van der Waals surface area contributed by atoms with Crippen molar-refractivity contribution in [3.05, 3.63) is 58.4 Å². The van der Waals surface area contributed by atoms with Crippen LogP contribution in [-0.4, -0.2) is 51.1 Å². The molecular formula is C22H23F3N4O4S. The summed E-state index contributed by atoms with van der Waals surface area (Å²) in [6.45, 7) is 2.89. The number of ether oxygens (including phenoxy) is 1. The normalized spacial score (nSPS) is 15.1. The van der Waals surface area contributed by atoms with Crippen molar-refractivity contribution in [1.82, 2.24) is 20.5 Å². The first-order valence-electron chi connectivity index (χ1n) is 10.5. The number of carboxylic acid groups (broad SMARTS) is 1. The minimum absolute atomic E-state index is 0.334. The third kappa shape index (κ3) is 6.64. The molecule has 0 aromatic carbocycles. The van der Waals surface area contributed by atoms with E-state index in [4.69, 9.17) is 19.6 Å². The first kappa shape index (κ1) is 25.4. The number of hydrogen-bond acceptors (Lipinski definition) is 7. The highest BCUT2D eigenvalue weighted by molar-refractivity contribution is 7.13. The van der Waals surface area contributed by atoms with E-state index >= 15 is 0 Å². The quantitative estimate of drug-likeness (QED) is 0.442. The van der Waals surface area contributed by atoms with Crippen molar-refractivity contribution in [3.63, 3.8) is 0 Å². The lowest BCUT2D eigenvalue weighted by Gasteiger charge is -2.23. The van der Waals surface area contributed by atoms with Gasteiger partial charge in [0, 0.05) is 30.3 Å². The van der Waals surface area contributed by atoms with Crippen LogP contribution in [0.15, 0.2) is 35.7 Å². The van der Waals surface area contributed by atoms with Crippen LogP contribution in [0.4, 0.5) is 13.2 Å². The number of aliphatic carboxylic acids is 1. The Bertz CT molecular complexity index is 1120. The number of thiophene rings is 1. The number of alkyl halides is 3. The second kappa shape index (κ2) is 11.3. The lowest BCUT2D eigenvalue weighted by molar-refractivity contribution is -0.192. The standard InChI is InChI=1S/C20H22N4O2S.C2HF3O2/c1-2-26-20(25)19-15-9-8-13(11-17(15)23-24-19)21-12-14-5-3-6-16(22-14)18-7-4-10-27-18;3-2(4,5)1(6)7/h3-7,10,13,21H,2,8-9,11-12H2,1H3,(H,23,24);(H,6,7). The number of fused-ring (bicyclic) bond motifs is 1. The minimum atomic E-state index is -5.08. The van der Waals surface area contributed by atoms with Gasteiger partial charge in [-0.2, -0.15) is 18.3 Å². The highest BCUT2D eigenvalue weighted by atomic mass is 32.1. The van der Waals surface area contributed by atoms with Gasteiger partial charge in [0.1, 0.15) is 0 Å². The summed E-state index contributed by atoms with van der Waals surface area (Å²) in [5.41, 5.74) is 4.52. The van der Waals surface area contributed by atoms with E-state index in [-0.39, 0.29) is 5.97 Å². The van der Waals surface area contributed by atoms with E-state index in [1.807, 2.05) is 18.2 Å². The van der Waals surface area contributed by atoms with Crippen molar-refractivity contribution in [2.75, 3.05) is 6.61 Å². The fraction of sp³-hybridized carbons (Fsp3) is 0.364. The topological polar surface area (TPSA) is 117 Å². The van der Waals surface area contributed by atoms with E-state index in [0.717, 1.165) is 48.5 Å². The van der Waals surface area contributed by atoms with E-state index in [2.05, 4.69) is 33.0 Å². The Morgan fingerprint density at radius 2 is 2.06 bits per heavy atom. The number of H-pyrrole nitrogens is 1. The van der Waals surface area contributed by atoms with E-state index < -0.39 is 12.1 Å². The van der Waals surface area contributed by atoms with Gasteiger partial charge in [0.2, 0.25) is 0 Å². The van der Waals surface area contributed by atoms with Gasteiger partial charge in [-0.05, 0) is 43.3 Å². The van der Waals surface area contributed by atoms with Crippen molar-refractivity contribution < 1.29 is 32.6 Å². The summed E-state index contributed by atoms with van der Waals surface area (Å²) in [5, 5.41) is 20.0. The van der Waals surface area contributed by atoms with Gasteiger partial charge in [-0.25, -0.2) is 9.59 Å². The van der Waals surface area contributed by atoms with Gasteiger partial charge in [-0.3, -0.25) is 10.1 Å². The number of carboxylic acids is 1. The van der Waals surface area contributed by atoms with Crippen LogP contribution in [0.5, 0.6) is 0 Å². The number of carbonyl (C=O) groups is 2. The van der Waals surface area contributed by atoms with Crippen molar-refractivity contribution in [3.8, 4) is 10.6 Å². The van der Waals surface area contributed by atoms with Crippen LogP contribution in [0.2, 0.25) is 0 Å². The number of rotatable bonds is 6. The Kier molecular flexibility index (Phi) is 8.40. The van der Waals surface area contributed by atoms with Crippen LogP contribution in [0.3, 0.4) is 0 Å². The predicted octanol–water partition coefficient (Wildman–Crippen LogP) is 3.99. The van der Waals surface area contributed by atoms with Crippen LogP contribution < -0.4 is 5.32 Å². The van der Waals surface area contributed by atoms with Gasteiger partial charge in [0.05, 0.1) is 22.9 Å². The highest BCUT2D eigenvalue weighted by Crippen LogP contribution is 2.24. The smallest absolute Gasteiger partial charge is 0.475 e. The molecule has 182 valence electrons. The number of pyridine rings is 1. The average Bonchev–Trinajstić information content (AvgIpc) is 3.48. The number of carbonyl (C=O) groups excluding carboxylic acids is 1. The SMILES string of the molecule is CCOC(=O)c1n[nH]c2c1CCC(NCc1cccc(-c3cccs3)n1)C2.O=C(O)C(F)(F)F. The maximum atomic E-state index is 12.0. The maximum absolute atomic E-state index is 12.0. The second-order valence-corrected chi connectivity index (χ2v) is 8.31. The number of nitrogens with zero attached hydrogens (tertiary/aromatic N) is 2. The molecule has 0 fully saturated rings. The molecule has 0 radical (unpaired) electrons. The molecule has 34 heavy (non-hydrogen) atoms. The molecule has 8 nitrogen and oxygen atoms in total. The third-order valence-electron chi connectivity index (χ3n) is 5.01. The number of hydrogen-bond donors (Lipinski definition) is 3. The maximum Gasteiger partial charge on any atom is 0.490 e. The summed E-state index contributed by atoms with van der Waals surface area (Å²) < 4.78 is 36.8. The van der Waals surface area contributed by atoms with Crippen molar-refractivity contribution >= 4 is 23.3 Å². The molecule has 0 amide bonds.